The number of fused-ring (bicyclic) bond motifs is 1. The van der Waals surface area contributed by atoms with Gasteiger partial charge < -0.3 is 10.2 Å². The maximum Gasteiger partial charge on any atom is 0.251 e. The number of benzene rings is 1. The molecule has 33 heavy (non-hydrogen) atoms. The van der Waals surface area contributed by atoms with Crippen LogP contribution in [0.25, 0.3) is 0 Å². The second-order valence-corrected chi connectivity index (χ2v) is 11.7. The van der Waals surface area contributed by atoms with Gasteiger partial charge in [-0.05, 0) is 98.4 Å². The van der Waals surface area contributed by atoms with E-state index < -0.39 is 0 Å². The lowest BCUT2D eigenvalue weighted by atomic mass is 9.48. The first kappa shape index (κ1) is 21.2. The highest BCUT2D eigenvalue weighted by Crippen LogP contribution is 2.61. The number of carbonyl (C=O) groups excluding carboxylic acids is 2. The van der Waals surface area contributed by atoms with Gasteiger partial charge in [-0.25, -0.2) is 4.98 Å². The van der Waals surface area contributed by atoms with Gasteiger partial charge in [-0.2, -0.15) is 0 Å². The Morgan fingerprint density at radius 2 is 1.79 bits per heavy atom. The zero-order valence-electron chi connectivity index (χ0n) is 19.1. The minimum atomic E-state index is 0.0183. The molecule has 4 fully saturated rings. The first-order valence-electron chi connectivity index (χ1n) is 12.3. The molecule has 1 aromatic heterocycles. The van der Waals surface area contributed by atoms with Gasteiger partial charge >= 0.3 is 0 Å². The third kappa shape index (κ3) is 3.86. The second-order valence-electron chi connectivity index (χ2n) is 10.8. The topological polar surface area (TPSA) is 62.3 Å². The van der Waals surface area contributed by atoms with Crippen LogP contribution in [0, 0.1) is 23.2 Å². The Balaban J connectivity index is 1.13. The lowest BCUT2D eigenvalue weighted by molar-refractivity contribution is -0.116. The fourth-order valence-corrected chi connectivity index (χ4v) is 8.18. The Morgan fingerprint density at radius 1 is 1.12 bits per heavy atom. The molecule has 4 aliphatic carbocycles. The van der Waals surface area contributed by atoms with Crippen LogP contribution < -0.4 is 10.2 Å². The summed E-state index contributed by atoms with van der Waals surface area (Å²) < 4.78 is 0. The number of aromatic nitrogens is 1. The average molecular weight is 462 g/mol. The van der Waals surface area contributed by atoms with E-state index >= 15 is 0 Å². The third-order valence-electron chi connectivity index (χ3n) is 8.58. The van der Waals surface area contributed by atoms with Crippen molar-refractivity contribution in [2.24, 2.45) is 23.2 Å². The Bertz CT molecular complexity index is 1050. The second kappa shape index (κ2) is 8.15. The molecule has 5 nitrogen and oxygen atoms in total. The molecule has 1 aromatic carbocycles. The van der Waals surface area contributed by atoms with Crippen LogP contribution in [0.5, 0.6) is 0 Å². The first-order chi connectivity index (χ1) is 16.0. The van der Waals surface area contributed by atoms with Crippen molar-refractivity contribution >= 4 is 29.3 Å². The normalized spacial score (nSPS) is 30.8. The number of pyridine rings is 1. The van der Waals surface area contributed by atoms with Crippen LogP contribution in [0.4, 0.5) is 5.69 Å². The highest BCUT2D eigenvalue weighted by molar-refractivity contribution is 8.00. The van der Waals surface area contributed by atoms with E-state index in [9.17, 15) is 9.59 Å². The van der Waals surface area contributed by atoms with Crippen LogP contribution in [0.2, 0.25) is 0 Å². The van der Waals surface area contributed by atoms with Crippen LogP contribution in [0.3, 0.4) is 0 Å². The van der Waals surface area contributed by atoms with Gasteiger partial charge in [0.15, 0.2) is 0 Å². The minimum Gasteiger partial charge on any atom is -0.349 e. The highest BCUT2D eigenvalue weighted by Gasteiger charge is 2.53. The van der Waals surface area contributed by atoms with Gasteiger partial charge in [0.1, 0.15) is 5.03 Å². The summed E-state index contributed by atoms with van der Waals surface area (Å²) in [5, 5.41) is 4.25. The van der Waals surface area contributed by atoms with Gasteiger partial charge in [0.25, 0.3) is 5.91 Å². The summed E-state index contributed by atoms with van der Waals surface area (Å²) in [5.74, 6) is 3.16. The molecule has 2 amide bonds. The Morgan fingerprint density at radius 3 is 2.45 bits per heavy atom. The summed E-state index contributed by atoms with van der Waals surface area (Å²) in [5.41, 5.74) is 2.87. The fraction of sp³-hybridized carbons (Fsp3) is 0.519. The Kier molecular flexibility index (Phi) is 5.24. The molecule has 7 rings (SSSR count). The Labute approximate surface area is 199 Å². The Hall–Kier alpha value is -2.34. The van der Waals surface area contributed by atoms with Gasteiger partial charge in [0, 0.05) is 17.8 Å². The van der Waals surface area contributed by atoms with Gasteiger partial charge in [0.05, 0.1) is 18.0 Å². The maximum atomic E-state index is 13.1. The number of thioether (sulfide) groups is 1. The smallest absolute Gasteiger partial charge is 0.251 e. The SMILES string of the molecule is C[C@H](NC(=O)c1ccc(CN2C(=O)CSc3ncccc32)cc1)C12CC3CC(CC(C3)C1)C2. The molecule has 1 atom stereocenters. The number of anilines is 1. The van der Waals surface area contributed by atoms with Gasteiger partial charge in [-0.15, -0.1) is 0 Å². The third-order valence-corrected chi connectivity index (χ3v) is 9.56. The molecule has 2 aromatic rings. The number of carbonyl (C=O) groups is 2. The molecular formula is C27H31N3O2S. The van der Waals surface area contributed by atoms with E-state index in [0.717, 1.165) is 34.0 Å². The molecule has 0 saturated heterocycles. The van der Waals surface area contributed by atoms with Gasteiger partial charge in [-0.3, -0.25) is 9.59 Å². The predicted molar refractivity (Wildman–Crippen MR) is 130 cm³/mol. The molecule has 0 radical (unpaired) electrons. The van der Waals surface area contributed by atoms with Crippen molar-refractivity contribution in [1.82, 2.24) is 10.3 Å². The van der Waals surface area contributed by atoms with E-state index in [2.05, 4.69) is 17.2 Å². The number of rotatable bonds is 5. The van der Waals surface area contributed by atoms with E-state index in [1.807, 2.05) is 36.4 Å². The fourth-order valence-electron chi connectivity index (χ4n) is 7.30. The van der Waals surface area contributed by atoms with Crippen LogP contribution in [0.1, 0.15) is 61.4 Å². The molecule has 0 unspecified atom stereocenters. The summed E-state index contributed by atoms with van der Waals surface area (Å²) in [6, 6.07) is 11.7. The van der Waals surface area contributed by atoms with E-state index in [1.165, 1.54) is 50.3 Å². The number of hydrogen-bond acceptors (Lipinski definition) is 4. The molecule has 6 heteroatoms. The molecule has 0 spiro atoms. The predicted octanol–water partition coefficient (Wildman–Crippen LogP) is 5.06. The van der Waals surface area contributed by atoms with Crippen molar-refractivity contribution in [3.63, 3.8) is 0 Å². The van der Waals surface area contributed by atoms with Crippen molar-refractivity contribution in [3.8, 4) is 0 Å². The summed E-state index contributed by atoms with van der Waals surface area (Å²) in [6.45, 7) is 2.72. The van der Waals surface area contributed by atoms with Crippen molar-refractivity contribution in [3.05, 3.63) is 53.7 Å². The van der Waals surface area contributed by atoms with Crippen LogP contribution in [-0.4, -0.2) is 28.6 Å². The van der Waals surface area contributed by atoms with E-state index in [0.29, 0.717) is 23.3 Å². The summed E-state index contributed by atoms with van der Waals surface area (Å²) >= 11 is 1.49. The number of nitrogens with zero attached hydrogens (tertiary/aromatic N) is 2. The molecular weight excluding hydrogens is 430 g/mol. The summed E-state index contributed by atoms with van der Waals surface area (Å²) in [6.07, 6.45) is 9.88. The first-order valence-corrected chi connectivity index (χ1v) is 13.3. The van der Waals surface area contributed by atoms with E-state index in [-0.39, 0.29) is 17.9 Å². The average Bonchev–Trinajstić information content (AvgIpc) is 2.80. The lowest BCUT2D eigenvalue weighted by Gasteiger charge is -2.59. The number of nitrogens with one attached hydrogen (secondary N) is 1. The molecule has 1 aliphatic heterocycles. The van der Waals surface area contributed by atoms with Crippen LogP contribution in [-0.2, 0) is 11.3 Å². The summed E-state index contributed by atoms with van der Waals surface area (Å²) in [7, 11) is 0. The zero-order chi connectivity index (χ0) is 22.6. The van der Waals surface area contributed by atoms with Crippen LogP contribution in [0.15, 0.2) is 47.6 Å². The lowest BCUT2D eigenvalue weighted by Crippen LogP contribution is -2.55. The molecule has 2 heterocycles. The van der Waals surface area contributed by atoms with Gasteiger partial charge in [0.2, 0.25) is 5.91 Å². The monoisotopic (exact) mass is 461 g/mol. The van der Waals surface area contributed by atoms with Crippen molar-refractivity contribution in [2.75, 3.05) is 10.7 Å². The molecule has 172 valence electrons. The standard InChI is InChI=1S/C27H31N3O2S/c1-17(27-12-19-9-20(13-27)11-21(10-19)14-27)29-25(32)22-6-4-18(5-7-22)15-30-23-3-2-8-28-26(23)33-16-24(30)31/h2-8,17,19-21H,9-16H2,1H3,(H,29,32)/t17-,19?,20?,21?,27?/m0/s1. The molecule has 4 saturated carbocycles. The van der Waals surface area contributed by atoms with E-state index in [1.54, 1.807) is 11.1 Å². The van der Waals surface area contributed by atoms with E-state index in [4.69, 9.17) is 0 Å². The maximum absolute atomic E-state index is 13.1. The van der Waals surface area contributed by atoms with Crippen molar-refractivity contribution in [1.29, 1.82) is 0 Å². The molecule has 5 aliphatic rings. The minimum absolute atomic E-state index is 0.0183. The highest BCUT2D eigenvalue weighted by atomic mass is 32.2. The van der Waals surface area contributed by atoms with Crippen molar-refractivity contribution < 1.29 is 9.59 Å². The largest absolute Gasteiger partial charge is 0.349 e. The quantitative estimate of drug-likeness (QED) is 0.676. The molecule has 1 N–H and O–H groups in total. The molecule has 4 bridgehead atoms. The zero-order valence-corrected chi connectivity index (χ0v) is 19.9. The van der Waals surface area contributed by atoms with Crippen LogP contribution >= 0.6 is 11.8 Å². The number of amides is 2. The summed E-state index contributed by atoms with van der Waals surface area (Å²) in [4.78, 5) is 31.8. The van der Waals surface area contributed by atoms with Crippen molar-refractivity contribution in [2.45, 2.75) is 63.1 Å². The number of hydrogen-bond donors (Lipinski definition) is 1. The van der Waals surface area contributed by atoms with Gasteiger partial charge in [-0.1, -0.05) is 23.9 Å².